The molecule has 3 rings (SSSR count). The number of aromatic nitrogens is 2. The molecule has 0 radical (unpaired) electrons. The van der Waals surface area contributed by atoms with Crippen LogP contribution in [0, 0.1) is 19.8 Å². The predicted molar refractivity (Wildman–Crippen MR) is 100 cm³/mol. The van der Waals surface area contributed by atoms with E-state index in [1.54, 1.807) is 0 Å². The second-order valence-electron chi connectivity index (χ2n) is 7.22. The van der Waals surface area contributed by atoms with E-state index < -0.39 is 0 Å². The number of aryl methyl sites for hydroxylation is 3. The van der Waals surface area contributed by atoms with Crippen LogP contribution < -0.4 is 0 Å². The largest absolute Gasteiger partial charge is 0.343 e. The number of benzene rings is 1. The number of likely N-dealkylation sites (tertiary alicyclic amines) is 1. The minimum absolute atomic E-state index is 0.323. The van der Waals surface area contributed by atoms with Crippen LogP contribution in [0.5, 0.6) is 0 Å². The van der Waals surface area contributed by atoms with E-state index in [1.165, 1.54) is 11.3 Å². The van der Waals surface area contributed by atoms with Gasteiger partial charge in [0.15, 0.2) is 0 Å². The molecule has 1 aliphatic rings. The molecule has 0 saturated carbocycles. The normalized spacial score (nSPS) is 15.5. The molecule has 1 amide bonds. The summed E-state index contributed by atoms with van der Waals surface area (Å²) in [5.74, 6) is 2.07. The Kier molecular flexibility index (Phi) is 5.90. The molecule has 25 heavy (non-hydrogen) atoms. The third-order valence-electron chi connectivity index (χ3n) is 5.36. The van der Waals surface area contributed by atoms with Crippen LogP contribution in [0.25, 0.3) is 0 Å². The Morgan fingerprint density at radius 3 is 2.52 bits per heavy atom. The SMILES string of the molecule is Cc1cnc(C)n1CC1CCN(C(=O)CCCc2ccccc2)CC1. The topological polar surface area (TPSA) is 38.1 Å². The lowest BCUT2D eigenvalue weighted by atomic mass is 9.96. The van der Waals surface area contributed by atoms with Gasteiger partial charge in [0.2, 0.25) is 5.91 Å². The average Bonchev–Trinajstić information content (AvgIpc) is 2.95. The van der Waals surface area contributed by atoms with Crippen molar-refractivity contribution in [2.45, 2.75) is 52.5 Å². The maximum atomic E-state index is 12.4. The van der Waals surface area contributed by atoms with E-state index in [1.807, 2.05) is 12.3 Å². The summed E-state index contributed by atoms with van der Waals surface area (Å²) in [5.41, 5.74) is 2.55. The average molecular weight is 339 g/mol. The number of imidazole rings is 1. The molecule has 0 spiro atoms. The van der Waals surface area contributed by atoms with Gasteiger partial charge in [0, 0.05) is 37.9 Å². The summed E-state index contributed by atoms with van der Waals surface area (Å²) in [7, 11) is 0. The molecule has 2 heterocycles. The van der Waals surface area contributed by atoms with Gasteiger partial charge in [-0.25, -0.2) is 4.98 Å². The highest BCUT2D eigenvalue weighted by Gasteiger charge is 2.23. The number of amides is 1. The van der Waals surface area contributed by atoms with Crippen LogP contribution in [0.4, 0.5) is 0 Å². The summed E-state index contributed by atoms with van der Waals surface area (Å²) < 4.78 is 2.31. The minimum atomic E-state index is 0.323. The zero-order chi connectivity index (χ0) is 17.6. The van der Waals surface area contributed by atoms with Crippen molar-refractivity contribution in [3.63, 3.8) is 0 Å². The first-order chi connectivity index (χ1) is 12.1. The van der Waals surface area contributed by atoms with Gasteiger partial charge in [0.05, 0.1) is 0 Å². The smallest absolute Gasteiger partial charge is 0.222 e. The summed E-state index contributed by atoms with van der Waals surface area (Å²) in [6, 6.07) is 10.4. The standard InChI is InChI=1S/C21H29N3O/c1-17-15-22-18(2)24(17)16-20-11-13-23(14-12-20)21(25)10-6-9-19-7-4-3-5-8-19/h3-5,7-8,15,20H,6,9-14,16H2,1-2H3. The van der Waals surface area contributed by atoms with Gasteiger partial charge >= 0.3 is 0 Å². The molecule has 1 aliphatic heterocycles. The van der Waals surface area contributed by atoms with Gasteiger partial charge in [0.1, 0.15) is 5.82 Å². The van der Waals surface area contributed by atoms with Crippen LogP contribution in [0.1, 0.15) is 42.8 Å². The molecule has 2 aromatic rings. The van der Waals surface area contributed by atoms with Crippen molar-refractivity contribution < 1.29 is 4.79 Å². The van der Waals surface area contributed by atoms with Crippen molar-refractivity contribution >= 4 is 5.91 Å². The summed E-state index contributed by atoms with van der Waals surface area (Å²) in [5, 5.41) is 0. The lowest BCUT2D eigenvalue weighted by Crippen LogP contribution is -2.39. The van der Waals surface area contributed by atoms with E-state index in [0.717, 1.165) is 51.1 Å². The molecule has 134 valence electrons. The van der Waals surface area contributed by atoms with E-state index in [4.69, 9.17) is 0 Å². The molecular formula is C21H29N3O. The third-order valence-corrected chi connectivity index (χ3v) is 5.36. The number of rotatable bonds is 6. The highest BCUT2D eigenvalue weighted by atomic mass is 16.2. The Morgan fingerprint density at radius 2 is 1.88 bits per heavy atom. The zero-order valence-corrected chi connectivity index (χ0v) is 15.4. The lowest BCUT2D eigenvalue weighted by molar-refractivity contribution is -0.132. The van der Waals surface area contributed by atoms with Crippen molar-refractivity contribution in [1.29, 1.82) is 0 Å². The molecule has 0 N–H and O–H groups in total. The maximum Gasteiger partial charge on any atom is 0.222 e. The van der Waals surface area contributed by atoms with Gasteiger partial charge in [-0.15, -0.1) is 0 Å². The lowest BCUT2D eigenvalue weighted by Gasteiger charge is -2.32. The molecular weight excluding hydrogens is 310 g/mol. The number of hydrogen-bond acceptors (Lipinski definition) is 2. The number of piperidine rings is 1. The Bertz CT molecular complexity index is 665. The van der Waals surface area contributed by atoms with Crippen LogP contribution in [0.15, 0.2) is 36.5 Å². The molecule has 1 aromatic heterocycles. The summed E-state index contributed by atoms with van der Waals surface area (Å²) in [6.07, 6.45) is 6.74. The van der Waals surface area contributed by atoms with Gasteiger partial charge in [-0.3, -0.25) is 4.79 Å². The number of hydrogen-bond donors (Lipinski definition) is 0. The van der Waals surface area contributed by atoms with Crippen molar-refractivity contribution in [2.75, 3.05) is 13.1 Å². The zero-order valence-electron chi connectivity index (χ0n) is 15.4. The van der Waals surface area contributed by atoms with Gasteiger partial charge in [-0.2, -0.15) is 0 Å². The molecule has 0 bridgehead atoms. The van der Waals surface area contributed by atoms with E-state index in [-0.39, 0.29) is 0 Å². The summed E-state index contributed by atoms with van der Waals surface area (Å²) in [4.78, 5) is 18.9. The highest BCUT2D eigenvalue weighted by molar-refractivity contribution is 5.76. The maximum absolute atomic E-state index is 12.4. The number of carbonyl (C=O) groups is 1. The van der Waals surface area contributed by atoms with Crippen molar-refractivity contribution in [3.8, 4) is 0 Å². The van der Waals surface area contributed by atoms with Crippen LogP contribution >= 0.6 is 0 Å². The first-order valence-corrected chi connectivity index (χ1v) is 9.44. The number of carbonyl (C=O) groups excluding carboxylic acids is 1. The predicted octanol–water partition coefficient (Wildman–Crippen LogP) is 3.76. The Hall–Kier alpha value is -2.10. The van der Waals surface area contributed by atoms with E-state index in [2.05, 4.69) is 52.6 Å². The fourth-order valence-electron chi connectivity index (χ4n) is 3.73. The Balaban J connectivity index is 1.40. The molecule has 0 unspecified atom stereocenters. The van der Waals surface area contributed by atoms with Crippen LogP contribution in [-0.2, 0) is 17.8 Å². The first kappa shape index (κ1) is 17.7. The molecule has 4 heteroatoms. The second kappa shape index (κ2) is 8.32. The van der Waals surface area contributed by atoms with Crippen molar-refractivity contribution in [3.05, 3.63) is 53.6 Å². The highest BCUT2D eigenvalue weighted by Crippen LogP contribution is 2.21. The first-order valence-electron chi connectivity index (χ1n) is 9.44. The minimum Gasteiger partial charge on any atom is -0.343 e. The summed E-state index contributed by atoms with van der Waals surface area (Å²) >= 11 is 0. The second-order valence-corrected chi connectivity index (χ2v) is 7.22. The number of nitrogens with zero attached hydrogens (tertiary/aromatic N) is 3. The van der Waals surface area contributed by atoms with Crippen molar-refractivity contribution in [1.82, 2.24) is 14.5 Å². The van der Waals surface area contributed by atoms with Crippen LogP contribution in [0.3, 0.4) is 0 Å². The van der Waals surface area contributed by atoms with Gasteiger partial charge in [0.25, 0.3) is 0 Å². The fraction of sp³-hybridized carbons (Fsp3) is 0.524. The molecule has 0 atom stereocenters. The van der Waals surface area contributed by atoms with E-state index in [0.29, 0.717) is 18.2 Å². The van der Waals surface area contributed by atoms with Gasteiger partial charge < -0.3 is 9.47 Å². The van der Waals surface area contributed by atoms with Gasteiger partial charge in [-0.05, 0) is 51.0 Å². The monoisotopic (exact) mass is 339 g/mol. The van der Waals surface area contributed by atoms with Crippen molar-refractivity contribution in [2.24, 2.45) is 5.92 Å². The quantitative estimate of drug-likeness (QED) is 0.804. The van der Waals surface area contributed by atoms with E-state index in [9.17, 15) is 4.79 Å². The van der Waals surface area contributed by atoms with E-state index >= 15 is 0 Å². The van der Waals surface area contributed by atoms with Crippen LogP contribution in [0.2, 0.25) is 0 Å². The molecule has 1 fully saturated rings. The molecule has 1 aromatic carbocycles. The molecule has 4 nitrogen and oxygen atoms in total. The molecule has 0 aliphatic carbocycles. The Morgan fingerprint density at radius 1 is 1.16 bits per heavy atom. The van der Waals surface area contributed by atoms with Crippen LogP contribution in [-0.4, -0.2) is 33.4 Å². The molecule has 1 saturated heterocycles. The van der Waals surface area contributed by atoms with Gasteiger partial charge in [-0.1, -0.05) is 30.3 Å². The fourth-order valence-corrected chi connectivity index (χ4v) is 3.73. The Labute approximate surface area is 150 Å². The summed E-state index contributed by atoms with van der Waals surface area (Å²) in [6.45, 7) is 7.03. The third kappa shape index (κ3) is 4.71.